The number of amides is 2. The van der Waals surface area contributed by atoms with Gasteiger partial charge in [0.2, 0.25) is 11.8 Å². The van der Waals surface area contributed by atoms with E-state index in [1.54, 1.807) is 19.1 Å². The summed E-state index contributed by atoms with van der Waals surface area (Å²) >= 11 is 0. The summed E-state index contributed by atoms with van der Waals surface area (Å²) in [7, 11) is -3.90. The lowest BCUT2D eigenvalue weighted by molar-refractivity contribution is -0.126. The van der Waals surface area contributed by atoms with Crippen molar-refractivity contribution in [2.75, 3.05) is 13.1 Å². The lowest BCUT2D eigenvalue weighted by Gasteiger charge is -2.20. The minimum Gasteiger partial charge on any atom is -0.369 e. The van der Waals surface area contributed by atoms with Gasteiger partial charge in [-0.15, -0.1) is 0 Å². The van der Waals surface area contributed by atoms with Crippen molar-refractivity contribution in [1.29, 1.82) is 0 Å². The first-order valence-electron chi connectivity index (χ1n) is 8.98. The van der Waals surface area contributed by atoms with E-state index in [2.05, 4.69) is 10.3 Å². The van der Waals surface area contributed by atoms with E-state index in [1.807, 2.05) is 6.92 Å². The highest BCUT2D eigenvalue weighted by molar-refractivity contribution is 7.89. The van der Waals surface area contributed by atoms with E-state index in [0.717, 1.165) is 4.31 Å². The predicted molar refractivity (Wildman–Crippen MR) is 101 cm³/mol. The van der Waals surface area contributed by atoms with Gasteiger partial charge in [0.1, 0.15) is 0 Å². The molecule has 1 aliphatic rings. The van der Waals surface area contributed by atoms with Gasteiger partial charge >= 0.3 is 0 Å². The molecule has 0 saturated carbocycles. The van der Waals surface area contributed by atoms with E-state index in [0.29, 0.717) is 6.42 Å². The molecular formula is C18H25N4O5S. The summed E-state index contributed by atoms with van der Waals surface area (Å²) in [5, 5.41) is 2.49. The number of aromatic nitrogens is 1. The molecule has 0 unspecified atom stereocenters. The number of sulfonamides is 1. The van der Waals surface area contributed by atoms with E-state index in [9.17, 15) is 22.8 Å². The second-order valence-corrected chi connectivity index (χ2v) is 8.96. The quantitative estimate of drug-likeness (QED) is 0.644. The molecule has 10 heteroatoms. The molecule has 2 rings (SSSR count). The second kappa shape index (κ2) is 9.24. The second-order valence-electron chi connectivity index (χ2n) is 7.08. The van der Waals surface area contributed by atoms with Gasteiger partial charge < -0.3 is 11.1 Å². The van der Waals surface area contributed by atoms with Crippen LogP contribution in [0.15, 0.2) is 29.4 Å². The molecular weight excluding hydrogens is 384 g/mol. The molecule has 1 saturated heterocycles. The van der Waals surface area contributed by atoms with Crippen molar-refractivity contribution in [3.63, 3.8) is 0 Å². The van der Waals surface area contributed by atoms with Gasteiger partial charge in [0.15, 0.2) is 10.8 Å². The van der Waals surface area contributed by atoms with Gasteiger partial charge in [-0.1, -0.05) is 19.9 Å². The summed E-state index contributed by atoms with van der Waals surface area (Å²) in [4.78, 5) is 39.6. The summed E-state index contributed by atoms with van der Waals surface area (Å²) in [5.41, 5.74) is 5.16. The number of ketones is 1. The molecule has 0 bridgehead atoms. The molecule has 9 nitrogen and oxygen atoms in total. The molecule has 2 heterocycles. The molecule has 3 N–H and O–H groups in total. The molecule has 0 spiro atoms. The first kappa shape index (κ1) is 22.0. The van der Waals surface area contributed by atoms with E-state index >= 15 is 0 Å². The van der Waals surface area contributed by atoms with Crippen LogP contribution in [0.1, 0.15) is 26.7 Å². The number of Topliss-reactive ketones (excluding diaryl/α,β-unsaturated/α-hetero) is 1. The highest BCUT2D eigenvalue weighted by atomic mass is 32.2. The Morgan fingerprint density at radius 3 is 2.75 bits per heavy atom. The number of rotatable bonds is 7. The average Bonchev–Trinajstić information content (AvgIpc) is 2.79. The Balaban J connectivity index is 2.05. The smallest absolute Gasteiger partial charge is 0.260 e. The maximum Gasteiger partial charge on any atom is 0.260 e. The van der Waals surface area contributed by atoms with Crippen LogP contribution in [0.2, 0.25) is 0 Å². The molecule has 1 aromatic rings. The average molecular weight is 409 g/mol. The molecule has 1 aromatic heterocycles. The SMILES string of the molecule is C[C@H]1C[C@H](NC(=O)[CH]C[C@H](C)C(N)=O)C(=O)CN(S(=O)(=O)c2ccccn2)C1. The lowest BCUT2D eigenvalue weighted by Crippen LogP contribution is -2.44. The number of nitrogens with two attached hydrogens (primary N) is 1. The molecule has 153 valence electrons. The Hall–Kier alpha value is -2.33. The van der Waals surface area contributed by atoms with Crippen molar-refractivity contribution in [2.24, 2.45) is 17.6 Å². The van der Waals surface area contributed by atoms with Crippen LogP contribution in [0.3, 0.4) is 0 Å². The lowest BCUT2D eigenvalue weighted by atomic mass is 10.00. The fourth-order valence-electron chi connectivity index (χ4n) is 2.89. The number of pyridine rings is 1. The van der Waals surface area contributed by atoms with Gasteiger partial charge in [-0.2, -0.15) is 4.31 Å². The van der Waals surface area contributed by atoms with Gasteiger partial charge in [-0.25, -0.2) is 13.4 Å². The number of carbonyl (C=O) groups excluding carboxylic acids is 3. The summed E-state index contributed by atoms with van der Waals surface area (Å²) < 4.78 is 26.7. The molecule has 1 aliphatic heterocycles. The molecule has 3 atom stereocenters. The maximum atomic E-state index is 12.8. The standard InChI is InChI=1S/C18H25N4O5S/c1-12-9-14(21-16(24)7-6-13(2)18(19)25)15(23)11-22(10-12)28(26,27)17-5-3-4-8-20-17/h3-5,7-8,12-14H,6,9-11H2,1-2H3,(H2,19,25)(H,21,24)/t12-,13-,14-/m0/s1. The van der Waals surface area contributed by atoms with Crippen LogP contribution >= 0.6 is 0 Å². The summed E-state index contributed by atoms with van der Waals surface area (Å²) in [6, 6.07) is 3.75. The van der Waals surface area contributed by atoms with Crippen LogP contribution < -0.4 is 11.1 Å². The molecule has 1 radical (unpaired) electrons. The van der Waals surface area contributed by atoms with Crippen molar-refractivity contribution in [3.8, 4) is 0 Å². The number of hydrogen-bond donors (Lipinski definition) is 2. The molecule has 28 heavy (non-hydrogen) atoms. The van der Waals surface area contributed by atoms with Gasteiger partial charge in [-0.05, 0) is 30.9 Å². The predicted octanol–water partition coefficient (Wildman–Crippen LogP) is -0.118. The normalized spacial score (nSPS) is 22.3. The Kier molecular flexibility index (Phi) is 7.25. The zero-order valence-corrected chi connectivity index (χ0v) is 16.7. The van der Waals surface area contributed by atoms with Crippen LogP contribution in [0, 0.1) is 18.3 Å². The zero-order chi connectivity index (χ0) is 20.9. The van der Waals surface area contributed by atoms with Gasteiger partial charge in [0, 0.05) is 18.7 Å². The maximum absolute atomic E-state index is 12.8. The highest BCUT2D eigenvalue weighted by Gasteiger charge is 2.36. The van der Waals surface area contributed by atoms with Gasteiger partial charge in [0.25, 0.3) is 10.0 Å². The van der Waals surface area contributed by atoms with Crippen molar-refractivity contribution < 1.29 is 22.8 Å². The van der Waals surface area contributed by atoms with Crippen molar-refractivity contribution >= 4 is 27.6 Å². The van der Waals surface area contributed by atoms with Crippen LogP contribution in [0.4, 0.5) is 0 Å². The van der Waals surface area contributed by atoms with Crippen LogP contribution in [-0.2, 0) is 24.4 Å². The molecule has 0 aromatic carbocycles. The number of nitrogens with zero attached hydrogens (tertiary/aromatic N) is 2. The summed E-state index contributed by atoms with van der Waals surface area (Å²) in [5.74, 6) is -2.04. The van der Waals surface area contributed by atoms with Crippen molar-refractivity contribution in [1.82, 2.24) is 14.6 Å². The third-order valence-electron chi connectivity index (χ3n) is 4.58. The number of carbonyl (C=O) groups is 3. The third-order valence-corrected chi connectivity index (χ3v) is 6.30. The van der Waals surface area contributed by atoms with E-state index in [-0.39, 0.29) is 30.5 Å². The van der Waals surface area contributed by atoms with Crippen LogP contribution in [-0.4, -0.2) is 54.4 Å². The Morgan fingerprint density at radius 1 is 1.43 bits per heavy atom. The topological polar surface area (TPSA) is 140 Å². The van der Waals surface area contributed by atoms with E-state index in [1.165, 1.54) is 18.7 Å². The number of hydrogen-bond acceptors (Lipinski definition) is 6. The van der Waals surface area contributed by atoms with Crippen molar-refractivity contribution in [2.45, 2.75) is 37.8 Å². The number of primary amides is 1. The summed E-state index contributed by atoms with van der Waals surface area (Å²) in [6.45, 7) is 3.23. The Morgan fingerprint density at radius 2 is 2.14 bits per heavy atom. The van der Waals surface area contributed by atoms with Crippen LogP contribution in [0.5, 0.6) is 0 Å². The first-order valence-corrected chi connectivity index (χ1v) is 10.4. The third kappa shape index (κ3) is 5.59. The van der Waals surface area contributed by atoms with Gasteiger partial charge in [0.05, 0.1) is 19.0 Å². The van der Waals surface area contributed by atoms with Gasteiger partial charge in [-0.3, -0.25) is 14.4 Å². The Bertz CT molecular complexity index is 828. The van der Waals surface area contributed by atoms with E-state index < -0.39 is 39.6 Å². The molecule has 0 aliphatic carbocycles. The Labute approximate surface area is 164 Å². The molecule has 1 fully saturated rings. The largest absolute Gasteiger partial charge is 0.369 e. The fraction of sp³-hybridized carbons (Fsp3) is 0.500. The first-order chi connectivity index (χ1) is 13.1. The monoisotopic (exact) mass is 409 g/mol. The summed E-state index contributed by atoms with van der Waals surface area (Å²) in [6.07, 6.45) is 3.14. The highest BCUT2D eigenvalue weighted by Crippen LogP contribution is 2.21. The van der Waals surface area contributed by atoms with E-state index in [4.69, 9.17) is 5.73 Å². The fourth-order valence-corrected chi connectivity index (χ4v) is 4.35. The number of nitrogens with one attached hydrogen (secondary N) is 1. The van der Waals surface area contributed by atoms with Crippen molar-refractivity contribution in [3.05, 3.63) is 30.8 Å². The van der Waals surface area contributed by atoms with Crippen LogP contribution in [0.25, 0.3) is 0 Å². The minimum absolute atomic E-state index is 0.119. The zero-order valence-electron chi connectivity index (χ0n) is 15.9. The minimum atomic E-state index is -3.90. The molecule has 2 amide bonds.